The maximum absolute atomic E-state index is 12.3. The maximum atomic E-state index is 12.3. The molecular weight excluding hydrogens is 276 g/mol. The Bertz CT molecular complexity index is 736. The first-order valence-corrected chi connectivity index (χ1v) is 7.13. The van der Waals surface area contributed by atoms with Gasteiger partial charge < -0.3 is 10.6 Å². The van der Waals surface area contributed by atoms with Crippen LogP contribution in [0.15, 0.2) is 36.4 Å². The van der Waals surface area contributed by atoms with Crippen LogP contribution in [0.25, 0.3) is 0 Å². The number of hydrogen-bond donors (Lipinski definition) is 2. The van der Waals surface area contributed by atoms with E-state index in [1.54, 1.807) is 12.1 Å². The summed E-state index contributed by atoms with van der Waals surface area (Å²) >= 11 is 0. The highest BCUT2D eigenvalue weighted by Crippen LogP contribution is 2.19. The molecule has 0 fully saturated rings. The molecule has 0 bridgehead atoms. The molecule has 114 valence electrons. The van der Waals surface area contributed by atoms with E-state index in [0.29, 0.717) is 11.3 Å². The summed E-state index contributed by atoms with van der Waals surface area (Å²) in [5.41, 5.74) is 5.14. The van der Waals surface area contributed by atoms with Crippen molar-refractivity contribution in [1.82, 2.24) is 0 Å². The largest absolute Gasteiger partial charge is 0.326 e. The molecule has 0 heterocycles. The lowest BCUT2D eigenvalue weighted by molar-refractivity contribution is -0.114. The Hall–Kier alpha value is -2.62. The van der Waals surface area contributed by atoms with Crippen LogP contribution >= 0.6 is 0 Å². The third-order valence-electron chi connectivity index (χ3n) is 3.58. The van der Waals surface area contributed by atoms with Crippen molar-refractivity contribution in [3.05, 3.63) is 58.7 Å². The van der Waals surface area contributed by atoms with Gasteiger partial charge in [-0.1, -0.05) is 12.1 Å². The van der Waals surface area contributed by atoms with Gasteiger partial charge >= 0.3 is 0 Å². The number of amides is 2. The summed E-state index contributed by atoms with van der Waals surface area (Å²) in [6.45, 7) is 7.36. The smallest absolute Gasteiger partial charge is 0.255 e. The van der Waals surface area contributed by atoms with Crippen molar-refractivity contribution < 1.29 is 9.59 Å². The average Bonchev–Trinajstić information content (AvgIpc) is 2.44. The summed E-state index contributed by atoms with van der Waals surface area (Å²) in [5.74, 6) is -0.357. The molecule has 2 aromatic carbocycles. The summed E-state index contributed by atoms with van der Waals surface area (Å²) in [7, 11) is 0. The number of aryl methyl sites for hydroxylation is 3. The molecule has 0 saturated carbocycles. The minimum absolute atomic E-state index is 0.158. The Morgan fingerprint density at radius 2 is 1.50 bits per heavy atom. The molecule has 2 amide bonds. The molecule has 4 nitrogen and oxygen atoms in total. The van der Waals surface area contributed by atoms with Crippen molar-refractivity contribution in [2.75, 3.05) is 10.6 Å². The predicted molar refractivity (Wildman–Crippen MR) is 89.4 cm³/mol. The fourth-order valence-corrected chi connectivity index (χ4v) is 2.11. The summed E-state index contributed by atoms with van der Waals surface area (Å²) in [6.07, 6.45) is 0. The van der Waals surface area contributed by atoms with Crippen LogP contribution in [0.3, 0.4) is 0 Å². The molecule has 0 unspecified atom stereocenters. The Morgan fingerprint density at radius 1 is 0.818 bits per heavy atom. The van der Waals surface area contributed by atoms with Crippen molar-refractivity contribution in [2.24, 2.45) is 0 Å². The number of rotatable bonds is 3. The molecule has 0 spiro atoms. The zero-order valence-corrected chi connectivity index (χ0v) is 13.3. The molecule has 0 atom stereocenters. The molecule has 22 heavy (non-hydrogen) atoms. The van der Waals surface area contributed by atoms with Crippen LogP contribution < -0.4 is 10.6 Å². The van der Waals surface area contributed by atoms with Gasteiger partial charge in [0.1, 0.15) is 0 Å². The van der Waals surface area contributed by atoms with Crippen molar-refractivity contribution in [3.63, 3.8) is 0 Å². The second kappa shape index (κ2) is 6.43. The summed E-state index contributed by atoms with van der Waals surface area (Å²) in [6, 6.07) is 11.0. The molecule has 0 saturated heterocycles. The second-order valence-electron chi connectivity index (χ2n) is 5.46. The second-order valence-corrected chi connectivity index (χ2v) is 5.46. The van der Waals surface area contributed by atoms with Crippen LogP contribution in [0.2, 0.25) is 0 Å². The van der Waals surface area contributed by atoms with E-state index in [1.807, 2.05) is 45.0 Å². The van der Waals surface area contributed by atoms with Crippen LogP contribution in [-0.4, -0.2) is 11.8 Å². The van der Waals surface area contributed by atoms with Gasteiger partial charge in [0.2, 0.25) is 5.91 Å². The normalized spacial score (nSPS) is 10.2. The molecule has 0 aromatic heterocycles. The fourth-order valence-electron chi connectivity index (χ4n) is 2.11. The first kappa shape index (κ1) is 15.8. The first-order chi connectivity index (χ1) is 10.4. The van der Waals surface area contributed by atoms with Crippen LogP contribution in [0.4, 0.5) is 11.4 Å². The molecule has 0 radical (unpaired) electrons. The van der Waals surface area contributed by atoms with Crippen molar-refractivity contribution >= 4 is 23.2 Å². The number of carbonyl (C=O) groups excluding carboxylic acids is 2. The van der Waals surface area contributed by atoms with Gasteiger partial charge in [-0.25, -0.2) is 0 Å². The zero-order chi connectivity index (χ0) is 16.3. The van der Waals surface area contributed by atoms with Crippen LogP contribution in [0, 0.1) is 20.8 Å². The number of nitrogens with one attached hydrogen (secondary N) is 2. The topological polar surface area (TPSA) is 58.2 Å². The Morgan fingerprint density at radius 3 is 2.14 bits per heavy atom. The highest BCUT2D eigenvalue weighted by molar-refractivity contribution is 6.05. The lowest BCUT2D eigenvalue weighted by Gasteiger charge is -2.11. The lowest BCUT2D eigenvalue weighted by atomic mass is 10.1. The maximum Gasteiger partial charge on any atom is 0.255 e. The quantitative estimate of drug-likeness (QED) is 0.904. The lowest BCUT2D eigenvalue weighted by Crippen LogP contribution is -2.14. The SMILES string of the molecule is CC(=O)Nc1cc(C(=O)Nc2ccc(C)c(C)c2)ccc1C. The van der Waals surface area contributed by atoms with Crippen LogP contribution in [0.1, 0.15) is 34.0 Å². The number of hydrogen-bond acceptors (Lipinski definition) is 2. The van der Waals surface area contributed by atoms with E-state index >= 15 is 0 Å². The monoisotopic (exact) mass is 296 g/mol. The Kier molecular flexibility index (Phi) is 4.61. The van der Waals surface area contributed by atoms with E-state index in [1.165, 1.54) is 12.5 Å². The third kappa shape index (κ3) is 3.73. The minimum Gasteiger partial charge on any atom is -0.326 e. The molecule has 2 rings (SSSR count). The predicted octanol–water partition coefficient (Wildman–Crippen LogP) is 3.82. The van der Waals surface area contributed by atoms with E-state index in [4.69, 9.17) is 0 Å². The van der Waals surface area contributed by atoms with Gasteiger partial charge in [-0.2, -0.15) is 0 Å². The molecule has 2 aromatic rings. The van der Waals surface area contributed by atoms with Gasteiger partial charge in [0.05, 0.1) is 0 Å². The summed E-state index contributed by atoms with van der Waals surface area (Å²) < 4.78 is 0. The van der Waals surface area contributed by atoms with Gasteiger partial charge in [0.15, 0.2) is 0 Å². The zero-order valence-electron chi connectivity index (χ0n) is 13.3. The minimum atomic E-state index is -0.199. The van der Waals surface area contributed by atoms with Crippen molar-refractivity contribution in [2.45, 2.75) is 27.7 Å². The van der Waals surface area contributed by atoms with E-state index in [0.717, 1.165) is 16.8 Å². The van der Waals surface area contributed by atoms with E-state index in [-0.39, 0.29) is 11.8 Å². The average molecular weight is 296 g/mol. The van der Waals surface area contributed by atoms with Gasteiger partial charge in [0.25, 0.3) is 5.91 Å². The molecule has 4 heteroatoms. The molecule has 2 N–H and O–H groups in total. The van der Waals surface area contributed by atoms with E-state index in [2.05, 4.69) is 10.6 Å². The third-order valence-corrected chi connectivity index (χ3v) is 3.58. The molecule has 0 aliphatic carbocycles. The van der Waals surface area contributed by atoms with Gasteiger partial charge in [-0.05, 0) is 61.7 Å². The summed E-state index contributed by atoms with van der Waals surface area (Å²) in [5, 5.41) is 5.60. The van der Waals surface area contributed by atoms with E-state index < -0.39 is 0 Å². The fraction of sp³-hybridized carbons (Fsp3) is 0.222. The number of benzene rings is 2. The first-order valence-electron chi connectivity index (χ1n) is 7.13. The Balaban J connectivity index is 2.22. The molecule has 0 aliphatic rings. The molecular formula is C18H20N2O2. The molecule has 0 aliphatic heterocycles. The summed E-state index contributed by atoms with van der Waals surface area (Å²) in [4.78, 5) is 23.5. The number of carbonyl (C=O) groups is 2. The van der Waals surface area contributed by atoms with E-state index in [9.17, 15) is 9.59 Å². The number of anilines is 2. The van der Waals surface area contributed by atoms with Crippen molar-refractivity contribution in [3.8, 4) is 0 Å². The van der Waals surface area contributed by atoms with Gasteiger partial charge in [-0.3, -0.25) is 9.59 Å². The highest BCUT2D eigenvalue weighted by Gasteiger charge is 2.09. The van der Waals surface area contributed by atoms with Gasteiger partial charge in [0, 0.05) is 23.9 Å². The Labute approximate surface area is 130 Å². The van der Waals surface area contributed by atoms with Crippen LogP contribution in [0.5, 0.6) is 0 Å². The standard InChI is InChI=1S/C18H20N2O2/c1-11-6-8-16(9-13(11)3)20-18(22)15-7-5-12(2)17(10-15)19-14(4)21/h5-10H,1-4H3,(H,19,21)(H,20,22). The van der Waals surface area contributed by atoms with Crippen LogP contribution in [-0.2, 0) is 4.79 Å². The van der Waals surface area contributed by atoms with Crippen molar-refractivity contribution in [1.29, 1.82) is 0 Å². The van der Waals surface area contributed by atoms with Gasteiger partial charge in [-0.15, -0.1) is 0 Å². The highest BCUT2D eigenvalue weighted by atomic mass is 16.2.